The van der Waals surface area contributed by atoms with Crippen LogP contribution >= 0.6 is 0 Å². The topological polar surface area (TPSA) is 100 Å². The summed E-state index contributed by atoms with van der Waals surface area (Å²) in [5.74, 6) is 0.446. The Kier molecular flexibility index (Phi) is 3.93. The van der Waals surface area contributed by atoms with Crippen molar-refractivity contribution in [2.24, 2.45) is 5.14 Å². The minimum absolute atomic E-state index is 0.261. The minimum Gasteiger partial charge on any atom is -0.383 e. The Bertz CT molecular complexity index is 652. The molecule has 7 nitrogen and oxygen atoms in total. The van der Waals surface area contributed by atoms with E-state index in [9.17, 15) is 8.42 Å². The fourth-order valence-electron chi connectivity index (χ4n) is 1.68. The molecule has 0 saturated heterocycles. The molecule has 19 heavy (non-hydrogen) atoms. The maximum atomic E-state index is 11.5. The maximum absolute atomic E-state index is 11.5. The van der Waals surface area contributed by atoms with Crippen molar-refractivity contribution < 1.29 is 13.2 Å². The van der Waals surface area contributed by atoms with Crippen LogP contribution < -0.4 is 5.14 Å². The number of hydrogen-bond acceptors (Lipinski definition) is 5. The first-order valence-electron chi connectivity index (χ1n) is 5.54. The average molecular weight is 282 g/mol. The Balaban J connectivity index is 2.53. The predicted octanol–water partition coefficient (Wildman–Crippen LogP) is 0.239. The Morgan fingerprint density at radius 2 is 1.95 bits per heavy atom. The van der Waals surface area contributed by atoms with Crippen LogP contribution in [0.4, 0.5) is 0 Å². The molecule has 8 heteroatoms. The summed E-state index contributed by atoms with van der Waals surface area (Å²) in [5, 5.41) is 12.4. The Hall–Kier alpha value is -1.77. The third kappa shape index (κ3) is 2.98. The lowest BCUT2D eigenvalue weighted by atomic mass is 10.2. The largest absolute Gasteiger partial charge is 0.383 e. The second-order valence-corrected chi connectivity index (χ2v) is 5.32. The van der Waals surface area contributed by atoms with E-state index < -0.39 is 10.0 Å². The fourth-order valence-corrected chi connectivity index (χ4v) is 2.32. The number of nitrogens with zero attached hydrogens (tertiary/aromatic N) is 3. The first-order valence-corrected chi connectivity index (χ1v) is 7.09. The van der Waals surface area contributed by atoms with Gasteiger partial charge in [-0.05, 0) is 0 Å². The standard InChI is InChI=1S/C11H14N4O3S/c1-18-8-7-15-10(9-5-3-2-4-6-9)13-14-11(15)19(12,16)17/h2-6H,7-8H2,1H3,(H2,12,16,17). The van der Waals surface area contributed by atoms with E-state index in [-0.39, 0.29) is 5.16 Å². The van der Waals surface area contributed by atoms with Gasteiger partial charge in [0.1, 0.15) is 0 Å². The van der Waals surface area contributed by atoms with Crippen molar-refractivity contribution in [3.8, 4) is 11.4 Å². The third-order valence-electron chi connectivity index (χ3n) is 2.52. The van der Waals surface area contributed by atoms with Gasteiger partial charge in [0.2, 0.25) is 0 Å². The second-order valence-electron chi connectivity index (χ2n) is 3.86. The van der Waals surface area contributed by atoms with Crippen molar-refractivity contribution in [1.82, 2.24) is 14.8 Å². The number of aromatic nitrogens is 3. The molecule has 0 radical (unpaired) electrons. The van der Waals surface area contributed by atoms with Crippen LogP contribution in [0.2, 0.25) is 0 Å². The molecule has 1 aromatic carbocycles. The van der Waals surface area contributed by atoms with E-state index in [1.54, 1.807) is 0 Å². The molecule has 0 unspecified atom stereocenters. The summed E-state index contributed by atoms with van der Waals surface area (Å²) in [6.07, 6.45) is 0. The summed E-state index contributed by atoms with van der Waals surface area (Å²) in [6.45, 7) is 0.639. The normalized spacial score (nSPS) is 11.7. The SMILES string of the molecule is COCCn1c(-c2ccccc2)nnc1S(N)(=O)=O. The predicted molar refractivity (Wildman–Crippen MR) is 68.7 cm³/mol. The number of primary sulfonamides is 1. The first kappa shape index (κ1) is 13.7. The van der Waals surface area contributed by atoms with Gasteiger partial charge in [0, 0.05) is 12.7 Å². The molecule has 0 aliphatic carbocycles. The number of methoxy groups -OCH3 is 1. The van der Waals surface area contributed by atoms with Crippen LogP contribution in [0.25, 0.3) is 11.4 Å². The number of ether oxygens (including phenoxy) is 1. The van der Waals surface area contributed by atoms with Crippen molar-refractivity contribution >= 4 is 10.0 Å². The molecule has 0 amide bonds. The van der Waals surface area contributed by atoms with Crippen LogP contribution in [0, 0.1) is 0 Å². The minimum atomic E-state index is -3.92. The lowest BCUT2D eigenvalue weighted by Crippen LogP contribution is -2.20. The van der Waals surface area contributed by atoms with E-state index in [2.05, 4.69) is 10.2 Å². The summed E-state index contributed by atoms with van der Waals surface area (Å²) < 4.78 is 29.4. The third-order valence-corrected chi connectivity index (χ3v) is 3.33. The molecule has 0 spiro atoms. The van der Waals surface area contributed by atoms with Crippen LogP contribution in [0.1, 0.15) is 0 Å². The maximum Gasteiger partial charge on any atom is 0.273 e. The van der Waals surface area contributed by atoms with E-state index in [4.69, 9.17) is 9.88 Å². The Labute approximate surface area is 111 Å². The summed E-state index contributed by atoms with van der Waals surface area (Å²) in [7, 11) is -2.39. The van der Waals surface area contributed by atoms with Crippen LogP contribution in [0.3, 0.4) is 0 Å². The summed E-state index contributed by atoms with van der Waals surface area (Å²) in [5.41, 5.74) is 0.765. The van der Waals surface area contributed by atoms with Crippen molar-refractivity contribution in [2.45, 2.75) is 11.7 Å². The van der Waals surface area contributed by atoms with Gasteiger partial charge >= 0.3 is 0 Å². The zero-order chi connectivity index (χ0) is 13.9. The zero-order valence-electron chi connectivity index (χ0n) is 10.4. The fraction of sp³-hybridized carbons (Fsp3) is 0.273. The van der Waals surface area contributed by atoms with Gasteiger partial charge in [0.15, 0.2) is 5.82 Å². The highest BCUT2D eigenvalue weighted by Gasteiger charge is 2.21. The molecule has 2 aromatic rings. The van der Waals surface area contributed by atoms with E-state index >= 15 is 0 Å². The molecule has 0 fully saturated rings. The van der Waals surface area contributed by atoms with Gasteiger partial charge in [0.05, 0.1) is 13.2 Å². The van der Waals surface area contributed by atoms with E-state index in [1.807, 2.05) is 30.3 Å². The van der Waals surface area contributed by atoms with Crippen molar-refractivity contribution in [3.63, 3.8) is 0 Å². The highest BCUT2D eigenvalue weighted by atomic mass is 32.2. The molecule has 0 aliphatic rings. The number of rotatable bonds is 5. The lowest BCUT2D eigenvalue weighted by Gasteiger charge is -2.08. The summed E-state index contributed by atoms with van der Waals surface area (Å²) in [4.78, 5) is 0. The van der Waals surface area contributed by atoms with Crippen LogP contribution in [0.5, 0.6) is 0 Å². The van der Waals surface area contributed by atoms with Crippen molar-refractivity contribution in [2.75, 3.05) is 13.7 Å². The molecule has 1 aromatic heterocycles. The van der Waals surface area contributed by atoms with Gasteiger partial charge in [-0.15, -0.1) is 10.2 Å². The molecular weight excluding hydrogens is 268 g/mol. The molecule has 0 aliphatic heterocycles. The molecule has 2 rings (SSSR count). The van der Waals surface area contributed by atoms with Gasteiger partial charge in [-0.1, -0.05) is 30.3 Å². The second kappa shape index (κ2) is 5.47. The molecule has 1 heterocycles. The zero-order valence-corrected chi connectivity index (χ0v) is 11.2. The molecule has 0 atom stereocenters. The smallest absolute Gasteiger partial charge is 0.273 e. The number of hydrogen-bond donors (Lipinski definition) is 1. The monoisotopic (exact) mass is 282 g/mol. The molecule has 0 saturated carbocycles. The van der Waals surface area contributed by atoms with Crippen LogP contribution in [-0.2, 0) is 21.3 Å². The highest BCUT2D eigenvalue weighted by molar-refractivity contribution is 7.89. The van der Waals surface area contributed by atoms with Crippen LogP contribution in [-0.4, -0.2) is 36.9 Å². The molecular formula is C11H14N4O3S. The quantitative estimate of drug-likeness (QED) is 0.846. The average Bonchev–Trinajstić information content (AvgIpc) is 2.81. The summed E-state index contributed by atoms with van der Waals surface area (Å²) >= 11 is 0. The van der Waals surface area contributed by atoms with Gasteiger partial charge in [-0.2, -0.15) is 0 Å². The lowest BCUT2D eigenvalue weighted by molar-refractivity contribution is 0.185. The van der Waals surface area contributed by atoms with Gasteiger partial charge in [-0.3, -0.25) is 4.57 Å². The Morgan fingerprint density at radius 1 is 1.26 bits per heavy atom. The van der Waals surface area contributed by atoms with Gasteiger partial charge < -0.3 is 4.74 Å². The number of benzene rings is 1. The van der Waals surface area contributed by atoms with Crippen LogP contribution in [0.15, 0.2) is 35.5 Å². The van der Waals surface area contributed by atoms with E-state index in [0.717, 1.165) is 5.56 Å². The van der Waals surface area contributed by atoms with Gasteiger partial charge in [-0.25, -0.2) is 13.6 Å². The number of nitrogens with two attached hydrogens (primary N) is 1. The van der Waals surface area contributed by atoms with Crippen molar-refractivity contribution in [3.05, 3.63) is 30.3 Å². The van der Waals surface area contributed by atoms with Gasteiger partial charge in [0.25, 0.3) is 15.2 Å². The molecule has 2 N–H and O–H groups in total. The summed E-state index contributed by atoms with van der Waals surface area (Å²) in [6, 6.07) is 9.17. The first-order chi connectivity index (χ1) is 9.04. The van der Waals surface area contributed by atoms with Crippen molar-refractivity contribution in [1.29, 1.82) is 0 Å². The molecule has 102 valence electrons. The highest BCUT2D eigenvalue weighted by Crippen LogP contribution is 2.19. The van der Waals surface area contributed by atoms with E-state index in [0.29, 0.717) is 19.0 Å². The molecule has 0 bridgehead atoms. The Morgan fingerprint density at radius 3 is 2.53 bits per heavy atom. The van der Waals surface area contributed by atoms with E-state index in [1.165, 1.54) is 11.7 Å². The number of sulfonamides is 1.